The van der Waals surface area contributed by atoms with Crippen molar-refractivity contribution in [3.8, 4) is 11.8 Å². The first-order chi connectivity index (χ1) is 27.4. The predicted octanol–water partition coefficient (Wildman–Crippen LogP) is 5.95. The topological polar surface area (TPSA) is 185 Å². The van der Waals surface area contributed by atoms with E-state index in [0.29, 0.717) is 50.3 Å². The molecule has 0 spiro atoms. The lowest BCUT2D eigenvalue weighted by molar-refractivity contribution is -0.222. The number of aromatic nitrogens is 1. The number of benzene rings is 1. The van der Waals surface area contributed by atoms with Gasteiger partial charge in [-0.05, 0) is 96.4 Å². The van der Waals surface area contributed by atoms with Crippen molar-refractivity contribution in [1.29, 1.82) is 0 Å². The number of allylic oxidation sites excluding steroid dienone is 1. The standard InChI is InChI=1S/C41H54F3N5O9S/c1-23(2)57-31-19-26-13-9-11-15-29(26)34(45-31)58-28-20-30-33(50)46-40(36(52)47-59(55,56)39(7)16-17-39)21-27(40)14-10-8-12-24(3)18-25(4)32(35(51)48(30)22-28)49(37(53)54)38(5,6)41(42,43)44/h9-11,13-15,19,23-25,27-28,30,32H,8,12,16-18,20-22H2,1-7H3,(H,46,50)(H,47,52)(H,53,54)/t24-,25+,27+,28+,30-,32-,40+/m0/s1. The first-order valence-electron chi connectivity index (χ1n) is 20.1. The van der Waals surface area contributed by atoms with Gasteiger partial charge in [0.25, 0.3) is 5.91 Å². The van der Waals surface area contributed by atoms with E-state index in [4.69, 9.17) is 9.47 Å². The van der Waals surface area contributed by atoms with Crippen LogP contribution in [0.3, 0.4) is 0 Å². The van der Waals surface area contributed by atoms with Crippen molar-refractivity contribution in [3.05, 3.63) is 42.5 Å². The molecule has 2 saturated carbocycles. The highest BCUT2D eigenvalue weighted by Crippen LogP contribution is 2.48. The maximum atomic E-state index is 15.1. The van der Waals surface area contributed by atoms with Crippen LogP contribution in [0.1, 0.15) is 93.4 Å². The maximum Gasteiger partial charge on any atom is 0.411 e. The van der Waals surface area contributed by atoms with Crippen LogP contribution in [0.15, 0.2) is 42.5 Å². The largest absolute Gasteiger partial charge is 0.475 e. The number of carbonyl (C=O) groups excluding carboxylic acids is 3. The summed E-state index contributed by atoms with van der Waals surface area (Å²) < 4.78 is 84.0. The number of amides is 4. The van der Waals surface area contributed by atoms with E-state index in [9.17, 15) is 41.1 Å². The van der Waals surface area contributed by atoms with Gasteiger partial charge in [-0.1, -0.05) is 44.2 Å². The van der Waals surface area contributed by atoms with Crippen LogP contribution in [0.2, 0.25) is 0 Å². The number of carboxylic acid groups (broad SMARTS) is 1. The van der Waals surface area contributed by atoms with Crippen molar-refractivity contribution in [2.75, 3.05) is 6.54 Å². The molecule has 0 radical (unpaired) electrons. The highest BCUT2D eigenvalue weighted by atomic mass is 32.2. The third-order valence-electron chi connectivity index (χ3n) is 12.3. The average molecular weight is 850 g/mol. The zero-order chi connectivity index (χ0) is 43.5. The zero-order valence-corrected chi connectivity index (χ0v) is 35.2. The summed E-state index contributed by atoms with van der Waals surface area (Å²) in [5.74, 6) is -4.29. The Morgan fingerprint density at radius 2 is 1.80 bits per heavy atom. The summed E-state index contributed by atoms with van der Waals surface area (Å²) in [4.78, 5) is 62.3. The van der Waals surface area contributed by atoms with Gasteiger partial charge in [0, 0.05) is 23.8 Å². The Labute approximate surface area is 342 Å². The van der Waals surface area contributed by atoms with Gasteiger partial charge in [-0.25, -0.2) is 13.2 Å². The number of fused-ring (bicyclic) bond motifs is 3. The number of hydrogen-bond acceptors (Lipinski definition) is 9. The number of hydrogen-bond donors (Lipinski definition) is 3. The molecule has 1 aromatic heterocycles. The predicted molar refractivity (Wildman–Crippen MR) is 211 cm³/mol. The lowest BCUT2D eigenvalue weighted by Crippen LogP contribution is -2.66. The lowest BCUT2D eigenvalue weighted by Gasteiger charge is -2.45. The summed E-state index contributed by atoms with van der Waals surface area (Å²) >= 11 is 0. The summed E-state index contributed by atoms with van der Waals surface area (Å²) in [6, 6.07) is 5.48. The number of sulfonamides is 1. The van der Waals surface area contributed by atoms with Gasteiger partial charge in [-0.3, -0.25) is 24.0 Å². The number of ether oxygens (including phenoxy) is 2. The second-order valence-electron chi connectivity index (χ2n) is 17.8. The smallest absolute Gasteiger partial charge is 0.411 e. The van der Waals surface area contributed by atoms with Crippen LogP contribution < -0.4 is 19.5 Å². The summed E-state index contributed by atoms with van der Waals surface area (Å²) in [6.07, 6.45) is -3.12. The maximum absolute atomic E-state index is 15.1. The Morgan fingerprint density at radius 3 is 2.42 bits per heavy atom. The first-order valence-corrected chi connectivity index (χ1v) is 21.6. The second kappa shape index (κ2) is 15.8. The summed E-state index contributed by atoms with van der Waals surface area (Å²) in [7, 11) is -4.12. The molecule has 1 saturated heterocycles. The summed E-state index contributed by atoms with van der Waals surface area (Å²) in [5, 5.41) is 14.5. The van der Waals surface area contributed by atoms with E-state index in [1.807, 2.05) is 39.0 Å². The zero-order valence-electron chi connectivity index (χ0n) is 34.3. The molecular weight excluding hydrogens is 796 g/mol. The molecule has 324 valence electrons. The van der Waals surface area contributed by atoms with E-state index < -0.39 is 85.9 Å². The van der Waals surface area contributed by atoms with E-state index in [2.05, 4.69) is 15.0 Å². The van der Waals surface area contributed by atoms with Crippen LogP contribution in [0.5, 0.6) is 11.8 Å². The van der Waals surface area contributed by atoms with Crippen LogP contribution in [0.25, 0.3) is 10.8 Å². The van der Waals surface area contributed by atoms with E-state index >= 15 is 4.79 Å². The molecule has 0 unspecified atom stereocenters. The fraction of sp³-hybridized carbons (Fsp3) is 0.634. The van der Waals surface area contributed by atoms with Gasteiger partial charge in [-0.2, -0.15) is 18.2 Å². The highest BCUT2D eigenvalue weighted by molar-refractivity contribution is 7.91. The minimum absolute atomic E-state index is 0.0498. The van der Waals surface area contributed by atoms with Crippen molar-refractivity contribution in [2.45, 2.75) is 140 Å². The molecule has 7 atom stereocenters. The molecule has 4 aliphatic rings. The summed E-state index contributed by atoms with van der Waals surface area (Å²) in [6.45, 7) is 9.55. The lowest BCUT2D eigenvalue weighted by atomic mass is 9.85. The molecule has 1 aromatic carbocycles. The van der Waals surface area contributed by atoms with Crippen LogP contribution >= 0.6 is 0 Å². The normalized spacial score (nSPS) is 28.8. The van der Waals surface area contributed by atoms with Crippen molar-refractivity contribution in [2.24, 2.45) is 17.8 Å². The molecule has 3 fully saturated rings. The Bertz CT molecular complexity index is 2130. The van der Waals surface area contributed by atoms with Crippen molar-refractivity contribution in [3.63, 3.8) is 0 Å². The molecule has 14 nitrogen and oxygen atoms in total. The van der Waals surface area contributed by atoms with Gasteiger partial charge < -0.3 is 24.8 Å². The van der Waals surface area contributed by atoms with Crippen LogP contribution in [0, 0.1) is 17.8 Å². The molecule has 2 aliphatic carbocycles. The Kier molecular flexibility index (Phi) is 11.8. The number of nitrogens with zero attached hydrogens (tertiary/aromatic N) is 3. The fourth-order valence-electron chi connectivity index (χ4n) is 8.28. The second-order valence-corrected chi connectivity index (χ2v) is 20.0. The molecule has 18 heteroatoms. The van der Waals surface area contributed by atoms with Gasteiger partial charge >= 0.3 is 12.3 Å². The third kappa shape index (κ3) is 8.69. The molecule has 2 aromatic rings. The molecule has 59 heavy (non-hydrogen) atoms. The third-order valence-corrected chi connectivity index (χ3v) is 14.5. The molecule has 3 heterocycles. The number of nitrogens with one attached hydrogen (secondary N) is 2. The van der Waals surface area contributed by atoms with Crippen LogP contribution in [-0.4, -0.2) is 105 Å². The quantitative estimate of drug-likeness (QED) is 0.255. The average Bonchev–Trinajstić information content (AvgIpc) is 4.01. The van der Waals surface area contributed by atoms with Crippen LogP contribution in [0.4, 0.5) is 18.0 Å². The molecule has 4 amide bonds. The number of alkyl halides is 3. The molecule has 6 rings (SSSR count). The van der Waals surface area contributed by atoms with E-state index in [-0.39, 0.29) is 54.5 Å². The Balaban J connectivity index is 1.44. The van der Waals surface area contributed by atoms with E-state index in [1.54, 1.807) is 24.3 Å². The van der Waals surface area contributed by atoms with Gasteiger partial charge in [0.1, 0.15) is 29.3 Å². The van der Waals surface area contributed by atoms with Crippen molar-refractivity contribution >= 4 is 44.6 Å². The minimum Gasteiger partial charge on any atom is -0.475 e. The molecule has 2 aliphatic heterocycles. The van der Waals surface area contributed by atoms with E-state index in [0.717, 1.165) is 4.90 Å². The molecular formula is C41H54F3N5O9S. The van der Waals surface area contributed by atoms with Gasteiger partial charge in [0.05, 0.1) is 17.4 Å². The number of carbonyl (C=O) groups is 4. The minimum atomic E-state index is -5.10. The van der Waals surface area contributed by atoms with Gasteiger partial charge in [-0.15, -0.1) is 0 Å². The molecule has 3 N–H and O–H groups in total. The number of rotatable bonds is 9. The first kappa shape index (κ1) is 44.0. The van der Waals surface area contributed by atoms with Crippen molar-refractivity contribution < 1.29 is 55.3 Å². The highest BCUT2D eigenvalue weighted by Gasteiger charge is 2.64. The van der Waals surface area contributed by atoms with Gasteiger partial charge in [0.15, 0.2) is 0 Å². The van der Waals surface area contributed by atoms with Crippen molar-refractivity contribution in [1.82, 2.24) is 24.8 Å². The summed E-state index contributed by atoms with van der Waals surface area (Å²) in [5.41, 5.74) is -4.76. The molecule has 0 bridgehead atoms. The Morgan fingerprint density at radius 1 is 1.12 bits per heavy atom. The fourth-order valence-corrected chi connectivity index (χ4v) is 9.59. The Hall–Kier alpha value is -4.61. The van der Waals surface area contributed by atoms with E-state index in [1.165, 1.54) is 13.8 Å². The number of pyridine rings is 1. The SMILES string of the molecule is CC(C)Oc1cc2ccccc2c(O[C@@H]2C[C@H]3C(=O)N[C@]4(C(=O)NS(=O)(=O)C5(C)CC5)C[C@H]4C=CCC[C@H](C)C[C@@H](C)[C@H](N(C(=O)O)C(C)(C)C(F)(F)F)C(=O)N3C2)n1. The van der Waals surface area contributed by atoms with Gasteiger partial charge in [0.2, 0.25) is 33.6 Å². The monoisotopic (exact) mass is 849 g/mol. The number of halogens is 3. The van der Waals surface area contributed by atoms with Crippen LogP contribution in [-0.2, 0) is 24.4 Å².